The van der Waals surface area contributed by atoms with E-state index in [2.05, 4.69) is 42.3 Å². The summed E-state index contributed by atoms with van der Waals surface area (Å²) < 4.78 is 10.8. The SMILES string of the molecule is CP(=O)([O-])[O-].C[N+](C)(C)CCO.C[N+](C)(C)CCO. The second kappa shape index (κ2) is 10.7. The van der Waals surface area contributed by atoms with Crippen LogP contribution in [0.1, 0.15) is 0 Å². The molecular weight excluding hydrogens is 271 g/mol. The Bertz CT molecular complexity index is 218. The summed E-state index contributed by atoms with van der Waals surface area (Å²) in [6.07, 6.45) is 0. The summed E-state index contributed by atoms with van der Waals surface area (Å²) in [5.74, 6) is 0. The fourth-order valence-corrected chi connectivity index (χ4v) is 0.600. The fourth-order valence-electron chi connectivity index (χ4n) is 0.600. The molecule has 0 amide bonds. The lowest BCUT2D eigenvalue weighted by molar-refractivity contribution is -0.870. The molecule has 0 rings (SSSR count). The highest BCUT2D eigenvalue weighted by Gasteiger charge is 2.02. The zero-order chi connectivity index (χ0) is 16.3. The standard InChI is InChI=1S/2C5H14NO.CH5O3P/c2*1-6(2,3)4-5-7;1-5(2,3)4/h2*7H,4-5H2,1-3H3;1H3,(H2,2,3,4)/q2*+1;/p-2. The number of aliphatic hydroxyl groups is 2. The van der Waals surface area contributed by atoms with Crippen molar-refractivity contribution in [1.82, 2.24) is 0 Å². The lowest BCUT2D eigenvalue weighted by Crippen LogP contribution is -2.36. The first kappa shape index (κ1) is 24.0. The smallest absolute Gasteiger partial charge is 0.101 e. The minimum absolute atomic E-state index is 0.281. The van der Waals surface area contributed by atoms with Gasteiger partial charge in [0.1, 0.15) is 13.1 Å². The molecule has 120 valence electrons. The molecule has 7 nitrogen and oxygen atoms in total. The highest BCUT2D eigenvalue weighted by molar-refractivity contribution is 7.47. The van der Waals surface area contributed by atoms with Gasteiger partial charge in [-0.05, 0) is 6.66 Å². The largest absolute Gasteiger partial charge is 0.811 e. The molecule has 8 heteroatoms. The van der Waals surface area contributed by atoms with Crippen molar-refractivity contribution in [3.63, 3.8) is 0 Å². The van der Waals surface area contributed by atoms with Gasteiger partial charge in [0.2, 0.25) is 0 Å². The topological polar surface area (TPSA) is 104 Å². The van der Waals surface area contributed by atoms with E-state index in [0.29, 0.717) is 6.66 Å². The van der Waals surface area contributed by atoms with Gasteiger partial charge in [-0.25, -0.2) is 0 Å². The molecule has 0 atom stereocenters. The summed E-state index contributed by atoms with van der Waals surface area (Å²) in [6.45, 7) is 2.86. The van der Waals surface area contributed by atoms with E-state index in [-0.39, 0.29) is 13.2 Å². The minimum atomic E-state index is -4.14. The van der Waals surface area contributed by atoms with Gasteiger partial charge in [0.25, 0.3) is 0 Å². The number of nitrogens with zero attached hydrogens (tertiary/aromatic N) is 2. The third-order valence-corrected chi connectivity index (χ3v) is 1.54. The van der Waals surface area contributed by atoms with Gasteiger partial charge in [-0.15, -0.1) is 0 Å². The van der Waals surface area contributed by atoms with E-state index in [4.69, 9.17) is 24.6 Å². The van der Waals surface area contributed by atoms with Crippen LogP contribution in [0.3, 0.4) is 0 Å². The Morgan fingerprint density at radius 1 is 0.842 bits per heavy atom. The van der Waals surface area contributed by atoms with Crippen LogP contribution in [0.4, 0.5) is 0 Å². The van der Waals surface area contributed by atoms with Crippen LogP contribution in [-0.4, -0.2) is 94.4 Å². The van der Waals surface area contributed by atoms with Gasteiger partial charge in [-0.2, -0.15) is 0 Å². The number of rotatable bonds is 4. The molecule has 0 fully saturated rings. The van der Waals surface area contributed by atoms with Crippen LogP contribution < -0.4 is 9.79 Å². The van der Waals surface area contributed by atoms with Crippen LogP contribution in [0.2, 0.25) is 0 Å². The third-order valence-electron chi connectivity index (χ3n) is 1.54. The van der Waals surface area contributed by atoms with Crippen LogP contribution in [0.15, 0.2) is 0 Å². The Labute approximate surface area is 117 Å². The molecule has 0 heterocycles. The molecule has 0 aromatic rings. The molecule has 0 saturated heterocycles. The predicted molar refractivity (Wildman–Crippen MR) is 73.5 cm³/mol. The highest BCUT2D eigenvalue weighted by Crippen LogP contribution is 2.12. The van der Waals surface area contributed by atoms with Crippen molar-refractivity contribution in [2.75, 3.05) is 75.3 Å². The van der Waals surface area contributed by atoms with Crippen molar-refractivity contribution < 1.29 is 33.5 Å². The van der Waals surface area contributed by atoms with Gasteiger partial charge in [-0.1, -0.05) is 7.60 Å². The third kappa shape index (κ3) is 72.1. The van der Waals surface area contributed by atoms with Gasteiger partial charge in [-0.3, -0.25) is 0 Å². The average molecular weight is 302 g/mol. The number of hydrogen-bond donors (Lipinski definition) is 2. The van der Waals surface area contributed by atoms with E-state index in [1.807, 2.05) is 0 Å². The second-order valence-corrected chi connectivity index (χ2v) is 7.79. The molecule has 0 aromatic carbocycles. The normalized spacial score (nSPS) is 11.9. The maximum Gasteiger partial charge on any atom is 0.101 e. The van der Waals surface area contributed by atoms with E-state index in [1.165, 1.54) is 0 Å². The lowest BCUT2D eigenvalue weighted by Gasteiger charge is -2.22. The maximum absolute atomic E-state index is 9.10. The molecule has 0 saturated carbocycles. The number of quaternary nitrogens is 2. The van der Waals surface area contributed by atoms with Crippen molar-refractivity contribution in [2.45, 2.75) is 0 Å². The van der Waals surface area contributed by atoms with Crippen LogP contribution in [0, 0.1) is 0 Å². The minimum Gasteiger partial charge on any atom is -0.811 e. The zero-order valence-corrected chi connectivity index (χ0v) is 14.2. The first-order valence-electron chi connectivity index (χ1n) is 5.94. The Morgan fingerprint density at radius 3 is 1.00 bits per heavy atom. The second-order valence-electron chi connectivity index (χ2n) is 6.25. The molecule has 0 aliphatic carbocycles. The molecule has 19 heavy (non-hydrogen) atoms. The summed E-state index contributed by atoms with van der Waals surface area (Å²) in [5.41, 5.74) is 0. The van der Waals surface area contributed by atoms with Crippen LogP contribution in [0.5, 0.6) is 0 Å². The number of aliphatic hydroxyl groups excluding tert-OH is 2. The first-order chi connectivity index (χ1) is 8.12. The van der Waals surface area contributed by atoms with Crippen LogP contribution >= 0.6 is 7.60 Å². The predicted octanol–water partition coefficient (Wildman–Crippen LogP) is -2.10. The first-order valence-corrected chi connectivity index (χ1v) is 7.93. The lowest BCUT2D eigenvalue weighted by atomic mass is 10.5. The summed E-state index contributed by atoms with van der Waals surface area (Å²) in [4.78, 5) is 18.2. The Morgan fingerprint density at radius 2 is 1.00 bits per heavy atom. The molecule has 2 N–H and O–H groups in total. The molecular formula is C11H31N2O5P. The molecule has 0 aliphatic rings. The van der Waals surface area contributed by atoms with Crippen molar-refractivity contribution >= 4 is 7.60 Å². The van der Waals surface area contributed by atoms with Crippen molar-refractivity contribution in [3.05, 3.63) is 0 Å². The molecule has 0 bridgehead atoms. The maximum atomic E-state index is 9.10. The summed E-state index contributed by atoms with van der Waals surface area (Å²) >= 11 is 0. The van der Waals surface area contributed by atoms with Gasteiger partial charge in [0, 0.05) is 0 Å². The van der Waals surface area contributed by atoms with Crippen molar-refractivity contribution in [3.8, 4) is 0 Å². The Balaban J connectivity index is -0.000000206. The van der Waals surface area contributed by atoms with Gasteiger partial charge < -0.3 is 33.5 Å². The quantitative estimate of drug-likeness (QED) is 0.457. The summed E-state index contributed by atoms with van der Waals surface area (Å²) in [5, 5.41) is 16.8. The van der Waals surface area contributed by atoms with Gasteiger partial charge in [0.15, 0.2) is 0 Å². The van der Waals surface area contributed by atoms with Gasteiger partial charge >= 0.3 is 0 Å². The molecule has 0 aromatic heterocycles. The molecule has 0 aliphatic heterocycles. The summed E-state index contributed by atoms with van der Waals surface area (Å²) in [6, 6.07) is 0. The van der Waals surface area contributed by atoms with Crippen LogP contribution in [-0.2, 0) is 4.57 Å². The number of hydrogen-bond acceptors (Lipinski definition) is 5. The molecule has 0 radical (unpaired) electrons. The van der Waals surface area contributed by atoms with Crippen LogP contribution in [0.25, 0.3) is 0 Å². The van der Waals surface area contributed by atoms with E-state index < -0.39 is 7.60 Å². The number of likely N-dealkylation sites (N-methyl/N-ethyl adjacent to an activating group) is 2. The Hall–Kier alpha value is -0.0100. The van der Waals surface area contributed by atoms with E-state index >= 15 is 0 Å². The highest BCUT2D eigenvalue weighted by atomic mass is 31.2. The van der Waals surface area contributed by atoms with Crippen molar-refractivity contribution in [1.29, 1.82) is 0 Å². The zero-order valence-electron chi connectivity index (χ0n) is 13.3. The fraction of sp³-hybridized carbons (Fsp3) is 1.00. The monoisotopic (exact) mass is 302 g/mol. The van der Waals surface area contributed by atoms with E-state index in [0.717, 1.165) is 22.1 Å². The molecule has 0 spiro atoms. The van der Waals surface area contributed by atoms with E-state index in [1.54, 1.807) is 0 Å². The Kier molecular flexibility index (Phi) is 13.6. The van der Waals surface area contributed by atoms with E-state index in [9.17, 15) is 0 Å². The molecule has 0 unspecified atom stereocenters. The van der Waals surface area contributed by atoms with Gasteiger partial charge in [0.05, 0.1) is 55.5 Å². The van der Waals surface area contributed by atoms with Crippen molar-refractivity contribution in [2.24, 2.45) is 0 Å². The summed E-state index contributed by atoms with van der Waals surface area (Å²) in [7, 11) is 8.17. The average Bonchev–Trinajstić information content (AvgIpc) is 1.95.